The minimum atomic E-state index is -0.203. The first-order valence-electron chi connectivity index (χ1n) is 11.2. The highest BCUT2D eigenvalue weighted by molar-refractivity contribution is 5.93. The first-order valence-corrected chi connectivity index (χ1v) is 11.2. The SMILES string of the molecule is COc1ccc(C2CC3(C)C(O)CCC3C3CCC4=CC(=O)CCC4=C23)cc1C. The summed E-state index contributed by atoms with van der Waals surface area (Å²) in [5.41, 5.74) is 6.85. The Morgan fingerprint density at radius 3 is 2.72 bits per heavy atom. The molecule has 0 aliphatic heterocycles. The maximum Gasteiger partial charge on any atom is 0.156 e. The van der Waals surface area contributed by atoms with Crippen LogP contribution in [0.15, 0.2) is 41.0 Å². The van der Waals surface area contributed by atoms with Crippen LogP contribution in [0.4, 0.5) is 0 Å². The van der Waals surface area contributed by atoms with Gasteiger partial charge in [-0.05, 0) is 97.1 Å². The lowest BCUT2D eigenvalue weighted by Gasteiger charge is -2.52. The Kier molecular flexibility index (Phi) is 4.51. The minimum absolute atomic E-state index is 0.0150. The van der Waals surface area contributed by atoms with Gasteiger partial charge in [-0.15, -0.1) is 0 Å². The van der Waals surface area contributed by atoms with Gasteiger partial charge in [-0.2, -0.15) is 0 Å². The van der Waals surface area contributed by atoms with Gasteiger partial charge in [-0.1, -0.05) is 24.6 Å². The fourth-order valence-electron chi connectivity index (χ4n) is 7.05. The van der Waals surface area contributed by atoms with Crippen molar-refractivity contribution < 1.29 is 14.6 Å². The second kappa shape index (κ2) is 6.84. The molecule has 5 rings (SSSR count). The third-order valence-electron chi connectivity index (χ3n) is 8.50. The van der Waals surface area contributed by atoms with Gasteiger partial charge in [-0.3, -0.25) is 4.79 Å². The van der Waals surface area contributed by atoms with Crippen LogP contribution in [-0.2, 0) is 4.79 Å². The van der Waals surface area contributed by atoms with Crippen LogP contribution in [0.5, 0.6) is 5.75 Å². The quantitative estimate of drug-likeness (QED) is 0.746. The normalized spacial score (nSPS) is 36.3. The van der Waals surface area contributed by atoms with E-state index in [-0.39, 0.29) is 17.3 Å². The third kappa shape index (κ3) is 2.84. The van der Waals surface area contributed by atoms with Gasteiger partial charge in [0, 0.05) is 12.3 Å². The molecule has 2 fully saturated rings. The Morgan fingerprint density at radius 1 is 1.14 bits per heavy atom. The number of benzene rings is 1. The number of aryl methyl sites for hydroxylation is 1. The largest absolute Gasteiger partial charge is 0.496 e. The lowest BCUT2D eigenvalue weighted by molar-refractivity contribution is -0.114. The summed E-state index contributed by atoms with van der Waals surface area (Å²) in [6, 6.07) is 6.59. The maximum atomic E-state index is 12.1. The molecule has 4 aliphatic carbocycles. The average molecular weight is 393 g/mol. The highest BCUT2D eigenvalue weighted by Crippen LogP contribution is 2.63. The molecule has 0 radical (unpaired) electrons. The predicted molar refractivity (Wildman–Crippen MR) is 114 cm³/mol. The molecule has 5 atom stereocenters. The molecule has 0 heterocycles. The lowest BCUT2D eigenvalue weighted by atomic mass is 9.53. The number of rotatable bonds is 2. The summed E-state index contributed by atoms with van der Waals surface area (Å²) in [4.78, 5) is 12.1. The van der Waals surface area contributed by atoms with Crippen molar-refractivity contribution in [3.05, 3.63) is 52.1 Å². The topological polar surface area (TPSA) is 46.5 Å². The van der Waals surface area contributed by atoms with Crippen molar-refractivity contribution in [2.45, 2.75) is 70.8 Å². The van der Waals surface area contributed by atoms with Crippen LogP contribution >= 0.6 is 0 Å². The lowest BCUT2D eigenvalue weighted by Crippen LogP contribution is -2.45. The summed E-state index contributed by atoms with van der Waals surface area (Å²) in [7, 11) is 1.72. The summed E-state index contributed by atoms with van der Waals surface area (Å²) >= 11 is 0. The van der Waals surface area contributed by atoms with E-state index in [9.17, 15) is 9.90 Å². The van der Waals surface area contributed by atoms with Crippen LogP contribution in [0.2, 0.25) is 0 Å². The van der Waals surface area contributed by atoms with Gasteiger partial charge in [0.1, 0.15) is 5.75 Å². The van der Waals surface area contributed by atoms with Crippen LogP contribution in [-0.4, -0.2) is 24.1 Å². The number of hydrogen-bond acceptors (Lipinski definition) is 3. The molecule has 29 heavy (non-hydrogen) atoms. The van der Waals surface area contributed by atoms with Crippen LogP contribution in [0.3, 0.4) is 0 Å². The van der Waals surface area contributed by atoms with Crippen LogP contribution in [0.25, 0.3) is 0 Å². The second-order valence-electron chi connectivity index (χ2n) is 9.91. The summed E-state index contributed by atoms with van der Waals surface area (Å²) in [6.45, 7) is 4.44. The van der Waals surface area contributed by atoms with Gasteiger partial charge in [-0.25, -0.2) is 0 Å². The molecule has 0 saturated heterocycles. The summed E-state index contributed by atoms with van der Waals surface area (Å²) in [5.74, 6) is 2.65. The van der Waals surface area contributed by atoms with Gasteiger partial charge in [0.25, 0.3) is 0 Å². The standard InChI is InChI=1S/C26H32O3/c1-15-12-16(5-10-23(15)29-3)21-14-26(2)22(9-11-24(26)28)20-7-4-17-13-18(27)6-8-19(17)25(20)21/h5,10,12-13,20-22,24,28H,4,6-9,11,14H2,1-3H3. The van der Waals surface area contributed by atoms with Gasteiger partial charge in [0.15, 0.2) is 5.78 Å². The number of aliphatic hydroxyl groups is 1. The molecular weight excluding hydrogens is 360 g/mol. The van der Waals surface area contributed by atoms with Crippen LogP contribution < -0.4 is 4.74 Å². The summed E-state index contributed by atoms with van der Waals surface area (Å²) in [5, 5.41) is 11.0. The Balaban J connectivity index is 1.67. The molecule has 0 aromatic heterocycles. The smallest absolute Gasteiger partial charge is 0.156 e. The zero-order valence-electron chi connectivity index (χ0n) is 17.8. The zero-order chi connectivity index (χ0) is 20.3. The first-order chi connectivity index (χ1) is 13.9. The molecule has 1 aromatic rings. The maximum absolute atomic E-state index is 12.1. The molecule has 3 heteroatoms. The van der Waals surface area contributed by atoms with Crippen molar-refractivity contribution in [3.63, 3.8) is 0 Å². The Labute approximate surface area is 173 Å². The highest BCUT2D eigenvalue weighted by Gasteiger charge is 2.56. The number of fused-ring (bicyclic) bond motifs is 4. The average Bonchev–Trinajstić information content (AvgIpc) is 3.01. The number of allylic oxidation sites excluding steroid dienone is 4. The minimum Gasteiger partial charge on any atom is -0.496 e. The van der Waals surface area contributed by atoms with E-state index in [0.717, 1.165) is 49.8 Å². The fourth-order valence-corrected chi connectivity index (χ4v) is 7.05. The van der Waals surface area contributed by atoms with E-state index < -0.39 is 0 Å². The molecule has 154 valence electrons. The zero-order valence-corrected chi connectivity index (χ0v) is 17.8. The second-order valence-corrected chi connectivity index (χ2v) is 9.91. The van der Waals surface area contributed by atoms with Crippen molar-refractivity contribution in [2.24, 2.45) is 17.3 Å². The molecule has 0 bridgehead atoms. The molecule has 2 saturated carbocycles. The van der Waals surface area contributed by atoms with Gasteiger partial charge in [0.05, 0.1) is 13.2 Å². The van der Waals surface area contributed by atoms with Crippen LogP contribution in [0, 0.1) is 24.2 Å². The van der Waals surface area contributed by atoms with E-state index in [1.165, 1.54) is 16.7 Å². The number of ether oxygens (including phenoxy) is 1. The third-order valence-corrected chi connectivity index (χ3v) is 8.50. The summed E-state index contributed by atoms with van der Waals surface area (Å²) < 4.78 is 5.50. The van der Waals surface area contributed by atoms with Gasteiger partial charge in [0.2, 0.25) is 0 Å². The van der Waals surface area contributed by atoms with E-state index >= 15 is 0 Å². The van der Waals surface area contributed by atoms with E-state index in [2.05, 4.69) is 32.0 Å². The molecule has 0 amide bonds. The number of hydrogen-bond donors (Lipinski definition) is 1. The molecule has 3 nitrogen and oxygen atoms in total. The molecule has 0 spiro atoms. The van der Waals surface area contributed by atoms with Crippen molar-refractivity contribution in [1.82, 2.24) is 0 Å². The number of ketones is 1. The highest BCUT2D eigenvalue weighted by atomic mass is 16.5. The van der Waals surface area contributed by atoms with Crippen molar-refractivity contribution in [1.29, 1.82) is 0 Å². The van der Waals surface area contributed by atoms with Crippen LogP contribution in [0.1, 0.15) is 68.9 Å². The van der Waals surface area contributed by atoms with Gasteiger partial charge < -0.3 is 9.84 Å². The molecule has 4 aliphatic rings. The first kappa shape index (κ1) is 19.1. The van der Waals surface area contributed by atoms with Gasteiger partial charge >= 0.3 is 0 Å². The fraction of sp³-hybridized carbons (Fsp3) is 0.577. The van der Waals surface area contributed by atoms with E-state index in [0.29, 0.717) is 24.2 Å². The number of methoxy groups -OCH3 is 1. The van der Waals surface area contributed by atoms with E-state index in [1.54, 1.807) is 12.7 Å². The molecular formula is C26H32O3. The monoisotopic (exact) mass is 392 g/mol. The Morgan fingerprint density at radius 2 is 1.97 bits per heavy atom. The summed E-state index contributed by atoms with van der Waals surface area (Å²) in [6.07, 6.45) is 8.47. The molecule has 5 unspecified atom stereocenters. The van der Waals surface area contributed by atoms with E-state index in [4.69, 9.17) is 4.74 Å². The van der Waals surface area contributed by atoms with Crippen molar-refractivity contribution in [3.8, 4) is 5.75 Å². The van der Waals surface area contributed by atoms with E-state index in [1.807, 2.05) is 6.08 Å². The Hall–Kier alpha value is -1.87. The predicted octanol–water partition coefficient (Wildman–Crippen LogP) is 5.26. The van der Waals surface area contributed by atoms with Crippen molar-refractivity contribution >= 4 is 5.78 Å². The molecule has 1 aromatic carbocycles. The molecule has 1 N–H and O–H groups in total. The van der Waals surface area contributed by atoms with Crippen molar-refractivity contribution in [2.75, 3.05) is 7.11 Å². The number of carbonyl (C=O) groups excluding carboxylic acids is 1. The number of carbonyl (C=O) groups is 1. The Bertz CT molecular complexity index is 924. The number of aliphatic hydroxyl groups excluding tert-OH is 1.